The minimum Gasteiger partial charge on any atom is -0.311 e. The van der Waals surface area contributed by atoms with E-state index >= 15 is 0 Å². The standard InChI is InChI=1S/C16H34N2/c1-7-14(6)18-11-15(10-13(4)5)17-12-16(18,8-2)9-3/h13-15,17H,7-12H2,1-6H3. The Bertz CT molecular complexity index is 233. The highest BCUT2D eigenvalue weighted by atomic mass is 15.3. The van der Waals surface area contributed by atoms with E-state index in [1.165, 1.54) is 38.8 Å². The van der Waals surface area contributed by atoms with E-state index in [1.807, 2.05) is 0 Å². The van der Waals surface area contributed by atoms with Gasteiger partial charge >= 0.3 is 0 Å². The van der Waals surface area contributed by atoms with Gasteiger partial charge in [0.05, 0.1) is 0 Å². The van der Waals surface area contributed by atoms with Crippen LogP contribution in [0.5, 0.6) is 0 Å². The number of nitrogens with one attached hydrogen (secondary N) is 1. The molecular weight excluding hydrogens is 220 g/mol. The van der Waals surface area contributed by atoms with Gasteiger partial charge in [-0.2, -0.15) is 0 Å². The molecule has 0 spiro atoms. The van der Waals surface area contributed by atoms with E-state index in [0.717, 1.165) is 5.92 Å². The first kappa shape index (κ1) is 16.0. The van der Waals surface area contributed by atoms with Gasteiger partial charge in [0.1, 0.15) is 0 Å². The van der Waals surface area contributed by atoms with Crippen molar-refractivity contribution in [3.63, 3.8) is 0 Å². The van der Waals surface area contributed by atoms with Gasteiger partial charge in [-0.15, -0.1) is 0 Å². The Kier molecular flexibility index (Phi) is 6.13. The second kappa shape index (κ2) is 6.91. The maximum absolute atomic E-state index is 3.81. The van der Waals surface area contributed by atoms with Crippen molar-refractivity contribution >= 4 is 0 Å². The summed E-state index contributed by atoms with van der Waals surface area (Å²) in [6.45, 7) is 16.5. The van der Waals surface area contributed by atoms with Gasteiger partial charge in [0.25, 0.3) is 0 Å². The molecule has 2 unspecified atom stereocenters. The van der Waals surface area contributed by atoms with Crippen molar-refractivity contribution in [2.45, 2.75) is 84.8 Å². The molecule has 0 aliphatic carbocycles. The lowest BCUT2D eigenvalue weighted by Gasteiger charge is -2.52. The molecule has 2 atom stereocenters. The summed E-state index contributed by atoms with van der Waals surface area (Å²) in [6, 6.07) is 1.40. The largest absolute Gasteiger partial charge is 0.311 e. The van der Waals surface area contributed by atoms with Crippen LogP contribution in [0.2, 0.25) is 0 Å². The quantitative estimate of drug-likeness (QED) is 0.778. The summed E-state index contributed by atoms with van der Waals surface area (Å²) in [5.74, 6) is 0.789. The molecule has 1 aliphatic rings. The molecule has 1 aliphatic heterocycles. The number of rotatable bonds is 6. The molecule has 2 nitrogen and oxygen atoms in total. The van der Waals surface area contributed by atoms with Crippen LogP contribution in [0.1, 0.15) is 67.2 Å². The third-order valence-corrected chi connectivity index (χ3v) is 4.94. The fraction of sp³-hybridized carbons (Fsp3) is 1.00. The second-order valence-electron chi connectivity index (χ2n) is 6.55. The first-order chi connectivity index (χ1) is 8.49. The molecule has 108 valence electrons. The summed E-state index contributed by atoms with van der Waals surface area (Å²) in [5, 5.41) is 3.81. The predicted molar refractivity (Wildman–Crippen MR) is 81.0 cm³/mol. The molecule has 0 amide bonds. The first-order valence-electron chi connectivity index (χ1n) is 7.99. The monoisotopic (exact) mass is 254 g/mol. The van der Waals surface area contributed by atoms with E-state index in [2.05, 4.69) is 51.8 Å². The van der Waals surface area contributed by atoms with Gasteiger partial charge < -0.3 is 5.32 Å². The Balaban J connectivity index is 2.78. The van der Waals surface area contributed by atoms with Gasteiger partial charge in [0.2, 0.25) is 0 Å². The summed E-state index contributed by atoms with van der Waals surface area (Å²) in [5.41, 5.74) is 0.392. The molecular formula is C16H34N2. The van der Waals surface area contributed by atoms with Crippen molar-refractivity contribution in [2.24, 2.45) is 5.92 Å². The van der Waals surface area contributed by atoms with Crippen molar-refractivity contribution < 1.29 is 0 Å². The molecule has 1 fully saturated rings. The van der Waals surface area contributed by atoms with Crippen LogP contribution >= 0.6 is 0 Å². The molecule has 1 rings (SSSR count). The lowest BCUT2D eigenvalue weighted by molar-refractivity contribution is -0.00361. The van der Waals surface area contributed by atoms with Gasteiger partial charge in [0, 0.05) is 30.7 Å². The van der Waals surface area contributed by atoms with Crippen molar-refractivity contribution in [1.29, 1.82) is 0 Å². The smallest absolute Gasteiger partial charge is 0.0332 e. The van der Waals surface area contributed by atoms with Gasteiger partial charge in [-0.3, -0.25) is 4.90 Å². The summed E-state index contributed by atoms with van der Waals surface area (Å²) in [7, 11) is 0. The molecule has 0 aromatic rings. The molecule has 0 aromatic carbocycles. The average Bonchev–Trinajstić information content (AvgIpc) is 2.37. The summed E-state index contributed by atoms with van der Waals surface area (Å²) in [4.78, 5) is 2.80. The van der Waals surface area contributed by atoms with E-state index in [9.17, 15) is 0 Å². The van der Waals surface area contributed by atoms with Gasteiger partial charge in [0.15, 0.2) is 0 Å². The molecule has 0 saturated carbocycles. The van der Waals surface area contributed by atoms with E-state index in [1.54, 1.807) is 0 Å². The lowest BCUT2D eigenvalue weighted by Crippen LogP contribution is -2.66. The normalized spacial score (nSPS) is 26.5. The Morgan fingerprint density at radius 3 is 2.22 bits per heavy atom. The van der Waals surface area contributed by atoms with Crippen LogP contribution in [0, 0.1) is 5.92 Å². The summed E-state index contributed by atoms with van der Waals surface area (Å²) in [6.07, 6.45) is 5.08. The number of nitrogens with zero attached hydrogens (tertiary/aromatic N) is 1. The maximum Gasteiger partial charge on any atom is 0.0332 e. The molecule has 1 heterocycles. The zero-order valence-corrected chi connectivity index (χ0v) is 13.4. The minimum absolute atomic E-state index is 0.392. The Labute approximate surface area is 115 Å². The highest BCUT2D eigenvalue weighted by Crippen LogP contribution is 2.30. The first-order valence-corrected chi connectivity index (χ1v) is 7.99. The molecule has 0 bridgehead atoms. The Morgan fingerprint density at radius 1 is 1.17 bits per heavy atom. The molecule has 0 aromatic heterocycles. The lowest BCUT2D eigenvalue weighted by atomic mass is 9.84. The second-order valence-corrected chi connectivity index (χ2v) is 6.55. The van der Waals surface area contributed by atoms with Crippen molar-refractivity contribution in [3.05, 3.63) is 0 Å². The van der Waals surface area contributed by atoms with Gasteiger partial charge in [-0.05, 0) is 38.5 Å². The molecule has 1 saturated heterocycles. The highest BCUT2D eigenvalue weighted by Gasteiger charge is 2.40. The van der Waals surface area contributed by atoms with E-state index in [4.69, 9.17) is 0 Å². The van der Waals surface area contributed by atoms with Crippen LogP contribution in [-0.4, -0.2) is 35.6 Å². The molecule has 18 heavy (non-hydrogen) atoms. The van der Waals surface area contributed by atoms with Crippen LogP contribution in [0.25, 0.3) is 0 Å². The van der Waals surface area contributed by atoms with E-state index in [0.29, 0.717) is 17.6 Å². The third-order valence-electron chi connectivity index (χ3n) is 4.94. The fourth-order valence-corrected chi connectivity index (χ4v) is 3.43. The van der Waals surface area contributed by atoms with E-state index in [-0.39, 0.29) is 0 Å². The van der Waals surface area contributed by atoms with Crippen LogP contribution in [0.4, 0.5) is 0 Å². The predicted octanol–water partition coefficient (Wildman–Crippen LogP) is 3.66. The van der Waals surface area contributed by atoms with E-state index < -0.39 is 0 Å². The summed E-state index contributed by atoms with van der Waals surface area (Å²) < 4.78 is 0. The number of hydrogen-bond donors (Lipinski definition) is 1. The fourth-order valence-electron chi connectivity index (χ4n) is 3.43. The van der Waals surface area contributed by atoms with Gasteiger partial charge in [-0.25, -0.2) is 0 Å². The number of hydrogen-bond acceptors (Lipinski definition) is 2. The minimum atomic E-state index is 0.392. The SMILES string of the molecule is CCC(C)N1CC(CC(C)C)NCC1(CC)CC. The van der Waals surface area contributed by atoms with Crippen molar-refractivity contribution in [1.82, 2.24) is 10.2 Å². The zero-order chi connectivity index (χ0) is 13.8. The molecule has 1 N–H and O–H groups in total. The highest BCUT2D eigenvalue weighted by molar-refractivity contribution is 4.99. The Hall–Kier alpha value is -0.0800. The molecule has 2 heteroatoms. The van der Waals surface area contributed by atoms with Crippen LogP contribution in [0.15, 0.2) is 0 Å². The zero-order valence-electron chi connectivity index (χ0n) is 13.4. The van der Waals surface area contributed by atoms with Crippen molar-refractivity contribution in [3.8, 4) is 0 Å². The third kappa shape index (κ3) is 3.48. The molecule has 0 radical (unpaired) electrons. The van der Waals surface area contributed by atoms with Crippen LogP contribution in [-0.2, 0) is 0 Å². The van der Waals surface area contributed by atoms with Crippen molar-refractivity contribution in [2.75, 3.05) is 13.1 Å². The van der Waals surface area contributed by atoms with Gasteiger partial charge in [-0.1, -0.05) is 34.6 Å². The Morgan fingerprint density at radius 2 is 1.78 bits per heavy atom. The average molecular weight is 254 g/mol. The number of piperazine rings is 1. The topological polar surface area (TPSA) is 15.3 Å². The summed E-state index contributed by atoms with van der Waals surface area (Å²) >= 11 is 0. The maximum atomic E-state index is 3.81. The van der Waals surface area contributed by atoms with Crippen LogP contribution < -0.4 is 5.32 Å². The van der Waals surface area contributed by atoms with Crippen LogP contribution in [0.3, 0.4) is 0 Å².